The smallest absolute Gasteiger partial charge is 0.192 e. The Balaban J connectivity index is 2.84. The van der Waals surface area contributed by atoms with E-state index in [1.165, 1.54) is 6.08 Å². The molecule has 0 saturated carbocycles. The van der Waals surface area contributed by atoms with E-state index >= 15 is 0 Å². The summed E-state index contributed by atoms with van der Waals surface area (Å²) in [6.07, 6.45) is 4.92. The van der Waals surface area contributed by atoms with E-state index in [1.54, 1.807) is 6.08 Å². The summed E-state index contributed by atoms with van der Waals surface area (Å²) in [4.78, 5) is 11.5. The van der Waals surface area contributed by atoms with E-state index in [0.29, 0.717) is 13.2 Å². The molecule has 1 rings (SSSR count). The number of rotatable bonds is 3. The number of morpholine rings is 1. The molecule has 0 aromatic rings. The molecule has 3 nitrogen and oxygen atoms in total. The summed E-state index contributed by atoms with van der Waals surface area (Å²) >= 11 is 0. The molecule has 1 aliphatic rings. The Morgan fingerprint density at radius 1 is 1.69 bits per heavy atom. The van der Waals surface area contributed by atoms with Gasteiger partial charge in [-0.25, -0.2) is 0 Å². The molecule has 1 atom stereocenters. The van der Waals surface area contributed by atoms with Crippen molar-refractivity contribution >= 4 is 5.78 Å². The predicted octanol–water partition coefficient (Wildman–Crippen LogP) is 0.676. The molecule has 1 heterocycles. The van der Waals surface area contributed by atoms with Gasteiger partial charge in [0.2, 0.25) is 0 Å². The number of allylic oxidation sites excluding steroid dienone is 1. The standard InChI is InChI=1S/C10H15NO2/c1-3-5-10(9(12)4-2)8-11-6-7-13-10/h3-5,11H,2,6-8H2,1H3. The van der Waals surface area contributed by atoms with Crippen LogP contribution in [-0.2, 0) is 9.53 Å². The van der Waals surface area contributed by atoms with Crippen molar-refractivity contribution in [3.05, 3.63) is 24.8 Å². The number of carbonyl (C=O) groups excluding carboxylic acids is 1. The maximum atomic E-state index is 11.5. The molecule has 0 radical (unpaired) electrons. The molecule has 0 aliphatic carbocycles. The summed E-state index contributed by atoms with van der Waals surface area (Å²) in [5, 5.41) is 3.13. The van der Waals surface area contributed by atoms with Crippen LogP contribution in [0.4, 0.5) is 0 Å². The molecule has 0 aromatic heterocycles. The molecule has 13 heavy (non-hydrogen) atoms. The Labute approximate surface area is 78.5 Å². The van der Waals surface area contributed by atoms with Crippen molar-refractivity contribution < 1.29 is 9.53 Å². The summed E-state index contributed by atoms with van der Waals surface area (Å²) in [5.74, 6) is -0.0854. The number of hydrogen-bond donors (Lipinski definition) is 1. The third-order valence-corrected chi connectivity index (χ3v) is 2.06. The number of hydrogen-bond acceptors (Lipinski definition) is 3. The van der Waals surface area contributed by atoms with E-state index in [1.807, 2.05) is 13.0 Å². The summed E-state index contributed by atoms with van der Waals surface area (Å²) < 4.78 is 5.49. The summed E-state index contributed by atoms with van der Waals surface area (Å²) in [6.45, 7) is 7.23. The van der Waals surface area contributed by atoms with E-state index < -0.39 is 5.60 Å². The molecule has 1 saturated heterocycles. The molecular formula is C10H15NO2. The molecule has 0 spiro atoms. The molecule has 72 valence electrons. The van der Waals surface area contributed by atoms with Crippen LogP contribution in [0.25, 0.3) is 0 Å². The average molecular weight is 181 g/mol. The first-order valence-electron chi connectivity index (χ1n) is 4.40. The van der Waals surface area contributed by atoms with Gasteiger partial charge in [-0.2, -0.15) is 0 Å². The maximum absolute atomic E-state index is 11.5. The van der Waals surface area contributed by atoms with Crippen molar-refractivity contribution in [2.75, 3.05) is 19.7 Å². The lowest BCUT2D eigenvalue weighted by Gasteiger charge is -2.32. The lowest BCUT2D eigenvalue weighted by Crippen LogP contribution is -2.53. The second-order valence-corrected chi connectivity index (χ2v) is 2.98. The minimum Gasteiger partial charge on any atom is -0.360 e. The minimum absolute atomic E-state index is 0.0854. The zero-order chi connectivity index (χ0) is 9.73. The van der Waals surface area contributed by atoms with Crippen LogP contribution in [0.15, 0.2) is 24.8 Å². The third kappa shape index (κ3) is 2.05. The molecule has 1 aliphatic heterocycles. The van der Waals surface area contributed by atoms with Crippen LogP contribution in [0, 0.1) is 0 Å². The number of ether oxygens (including phenoxy) is 1. The van der Waals surface area contributed by atoms with Gasteiger partial charge < -0.3 is 10.1 Å². The van der Waals surface area contributed by atoms with Crippen molar-refractivity contribution in [1.82, 2.24) is 5.32 Å². The fourth-order valence-corrected chi connectivity index (χ4v) is 1.42. The van der Waals surface area contributed by atoms with Gasteiger partial charge in [-0.15, -0.1) is 0 Å². The van der Waals surface area contributed by atoms with Gasteiger partial charge in [0.1, 0.15) is 0 Å². The first-order chi connectivity index (χ1) is 6.25. The highest BCUT2D eigenvalue weighted by molar-refractivity contribution is 5.98. The molecule has 0 aromatic carbocycles. The number of ketones is 1. The van der Waals surface area contributed by atoms with Gasteiger partial charge in [0.15, 0.2) is 11.4 Å². The largest absolute Gasteiger partial charge is 0.360 e. The first-order valence-corrected chi connectivity index (χ1v) is 4.40. The monoisotopic (exact) mass is 181 g/mol. The van der Waals surface area contributed by atoms with Crippen molar-refractivity contribution in [3.8, 4) is 0 Å². The number of carbonyl (C=O) groups is 1. The quantitative estimate of drug-likeness (QED) is 0.514. The van der Waals surface area contributed by atoms with E-state index in [9.17, 15) is 4.79 Å². The Hall–Kier alpha value is -0.930. The van der Waals surface area contributed by atoms with Crippen LogP contribution in [0.2, 0.25) is 0 Å². The van der Waals surface area contributed by atoms with Crippen molar-refractivity contribution in [2.24, 2.45) is 0 Å². The minimum atomic E-state index is -0.811. The Kier molecular flexibility index (Phi) is 3.39. The second-order valence-electron chi connectivity index (χ2n) is 2.98. The highest BCUT2D eigenvalue weighted by atomic mass is 16.5. The average Bonchev–Trinajstić information content (AvgIpc) is 2.18. The highest BCUT2D eigenvalue weighted by Crippen LogP contribution is 2.17. The van der Waals surface area contributed by atoms with Crippen molar-refractivity contribution in [2.45, 2.75) is 12.5 Å². The zero-order valence-corrected chi connectivity index (χ0v) is 7.88. The summed E-state index contributed by atoms with van der Waals surface area (Å²) in [5.41, 5.74) is -0.811. The third-order valence-electron chi connectivity index (χ3n) is 2.06. The van der Waals surface area contributed by atoms with Crippen LogP contribution in [0.1, 0.15) is 6.92 Å². The molecule has 1 N–H and O–H groups in total. The Morgan fingerprint density at radius 3 is 2.92 bits per heavy atom. The topological polar surface area (TPSA) is 38.3 Å². The molecule has 0 amide bonds. The normalized spacial score (nSPS) is 29.0. The van der Waals surface area contributed by atoms with Gasteiger partial charge in [0, 0.05) is 13.1 Å². The van der Waals surface area contributed by atoms with E-state index in [-0.39, 0.29) is 5.78 Å². The fraction of sp³-hybridized carbons (Fsp3) is 0.500. The molecule has 1 fully saturated rings. The van der Waals surface area contributed by atoms with Gasteiger partial charge in [-0.1, -0.05) is 12.7 Å². The zero-order valence-electron chi connectivity index (χ0n) is 7.88. The molecule has 0 bridgehead atoms. The van der Waals surface area contributed by atoms with Gasteiger partial charge in [-0.3, -0.25) is 4.79 Å². The second kappa shape index (κ2) is 4.35. The molecule has 3 heteroatoms. The first kappa shape index (κ1) is 10.2. The summed E-state index contributed by atoms with van der Waals surface area (Å²) in [7, 11) is 0. The Bertz CT molecular complexity index is 227. The van der Waals surface area contributed by atoms with Crippen LogP contribution in [0.5, 0.6) is 0 Å². The van der Waals surface area contributed by atoms with Crippen LogP contribution >= 0.6 is 0 Å². The van der Waals surface area contributed by atoms with Crippen molar-refractivity contribution in [3.63, 3.8) is 0 Å². The molecule has 1 unspecified atom stereocenters. The Morgan fingerprint density at radius 2 is 2.46 bits per heavy atom. The number of nitrogens with one attached hydrogen (secondary N) is 1. The maximum Gasteiger partial charge on any atom is 0.192 e. The van der Waals surface area contributed by atoms with Gasteiger partial charge in [0.05, 0.1) is 6.61 Å². The van der Waals surface area contributed by atoms with Crippen LogP contribution in [0.3, 0.4) is 0 Å². The van der Waals surface area contributed by atoms with E-state index in [2.05, 4.69) is 11.9 Å². The predicted molar refractivity (Wildman–Crippen MR) is 51.6 cm³/mol. The fourth-order valence-electron chi connectivity index (χ4n) is 1.42. The molecular weight excluding hydrogens is 166 g/mol. The lowest BCUT2D eigenvalue weighted by molar-refractivity contribution is -0.135. The van der Waals surface area contributed by atoms with Gasteiger partial charge >= 0.3 is 0 Å². The van der Waals surface area contributed by atoms with Crippen LogP contribution < -0.4 is 5.32 Å². The van der Waals surface area contributed by atoms with Gasteiger partial charge in [-0.05, 0) is 19.1 Å². The SMILES string of the molecule is C=CC(=O)C1(C=CC)CNCCO1. The van der Waals surface area contributed by atoms with Gasteiger partial charge in [0.25, 0.3) is 0 Å². The van der Waals surface area contributed by atoms with Crippen LogP contribution in [-0.4, -0.2) is 31.1 Å². The summed E-state index contributed by atoms with van der Waals surface area (Å²) in [6, 6.07) is 0. The van der Waals surface area contributed by atoms with Crippen molar-refractivity contribution in [1.29, 1.82) is 0 Å². The van der Waals surface area contributed by atoms with E-state index in [0.717, 1.165) is 6.54 Å². The highest BCUT2D eigenvalue weighted by Gasteiger charge is 2.36. The lowest BCUT2D eigenvalue weighted by atomic mass is 9.96. The van der Waals surface area contributed by atoms with E-state index in [4.69, 9.17) is 4.74 Å².